The number of esters is 1. The van der Waals surface area contributed by atoms with Crippen molar-refractivity contribution >= 4 is 18.0 Å². The molecule has 0 saturated heterocycles. The molecule has 1 aliphatic rings. The van der Waals surface area contributed by atoms with Crippen LogP contribution in [-0.2, 0) is 20.9 Å². The van der Waals surface area contributed by atoms with E-state index < -0.39 is 5.97 Å². The number of hydrogen-bond donors (Lipinski definition) is 0. The zero-order chi connectivity index (χ0) is 25.4. The molecule has 0 fully saturated rings. The highest BCUT2D eigenvalue weighted by Gasteiger charge is 2.37. The van der Waals surface area contributed by atoms with Crippen LogP contribution >= 0.6 is 0 Å². The summed E-state index contributed by atoms with van der Waals surface area (Å²) in [6.07, 6.45) is 1.83. The number of aryl methyl sites for hydroxylation is 4. The molecule has 0 N–H and O–H groups in total. The first kappa shape index (κ1) is 24.3. The number of ether oxygens (including phenoxy) is 1. The van der Waals surface area contributed by atoms with Gasteiger partial charge < -0.3 is 14.2 Å². The van der Waals surface area contributed by atoms with Crippen molar-refractivity contribution in [3.8, 4) is 5.69 Å². The van der Waals surface area contributed by atoms with Crippen molar-refractivity contribution in [1.82, 2.24) is 9.47 Å². The number of allylic oxidation sites excluding steroid dienone is 1. The molecule has 0 unspecified atom stereocenters. The number of carbonyl (C=O) groups is 2. The molecule has 35 heavy (non-hydrogen) atoms. The van der Waals surface area contributed by atoms with Gasteiger partial charge in [0.25, 0.3) is 5.91 Å². The van der Waals surface area contributed by atoms with E-state index in [0.717, 1.165) is 33.8 Å². The lowest BCUT2D eigenvalue weighted by Crippen LogP contribution is -2.24. The van der Waals surface area contributed by atoms with Crippen LogP contribution in [-0.4, -0.2) is 28.5 Å². The molecular weight excluding hydrogens is 436 g/mol. The summed E-state index contributed by atoms with van der Waals surface area (Å²) in [4.78, 5) is 28.0. The maximum atomic E-state index is 13.6. The summed E-state index contributed by atoms with van der Waals surface area (Å²) in [5.41, 5.74) is 9.89. The Kier molecular flexibility index (Phi) is 6.53. The molecule has 1 aromatic heterocycles. The number of amides is 1. The summed E-state index contributed by atoms with van der Waals surface area (Å²) >= 11 is 0. The van der Waals surface area contributed by atoms with E-state index in [1.54, 1.807) is 11.8 Å². The van der Waals surface area contributed by atoms with Crippen LogP contribution in [0.3, 0.4) is 0 Å². The third kappa shape index (κ3) is 4.46. The van der Waals surface area contributed by atoms with E-state index in [-0.39, 0.29) is 5.91 Å². The molecule has 5 heteroatoms. The number of rotatable bonds is 5. The molecule has 180 valence electrons. The molecule has 0 atom stereocenters. The Morgan fingerprint density at radius 2 is 1.57 bits per heavy atom. The molecule has 0 bridgehead atoms. The Balaban J connectivity index is 1.79. The van der Waals surface area contributed by atoms with Crippen LogP contribution in [0.1, 0.15) is 46.1 Å². The number of methoxy groups -OCH3 is 1. The Morgan fingerprint density at radius 1 is 0.914 bits per heavy atom. The topological polar surface area (TPSA) is 51.5 Å². The SMILES string of the molecule is COC(=O)C1=C(C)N(Cc2ccc(C)cc2)C(=O)/C1=C\c1cc(C)n(-c2cc(C)ccc2C)c1C. The second-order valence-electron chi connectivity index (χ2n) is 9.34. The van der Waals surface area contributed by atoms with Crippen LogP contribution in [0.5, 0.6) is 0 Å². The summed E-state index contributed by atoms with van der Waals surface area (Å²) in [6.45, 7) is 12.5. The van der Waals surface area contributed by atoms with E-state index in [0.29, 0.717) is 23.4 Å². The normalized spacial score (nSPS) is 14.9. The Morgan fingerprint density at radius 3 is 2.23 bits per heavy atom. The summed E-state index contributed by atoms with van der Waals surface area (Å²) < 4.78 is 7.27. The van der Waals surface area contributed by atoms with Crippen LogP contribution in [0.25, 0.3) is 11.8 Å². The summed E-state index contributed by atoms with van der Waals surface area (Å²) in [5, 5.41) is 0. The van der Waals surface area contributed by atoms with Crippen LogP contribution in [0.15, 0.2) is 65.4 Å². The summed E-state index contributed by atoms with van der Waals surface area (Å²) in [5.74, 6) is -0.697. The maximum absolute atomic E-state index is 13.6. The average molecular weight is 469 g/mol. The molecule has 0 aliphatic carbocycles. The smallest absolute Gasteiger partial charge is 0.340 e. The van der Waals surface area contributed by atoms with Crippen molar-refractivity contribution in [3.63, 3.8) is 0 Å². The fraction of sp³-hybridized carbons (Fsp3) is 0.267. The fourth-order valence-electron chi connectivity index (χ4n) is 4.71. The summed E-state index contributed by atoms with van der Waals surface area (Å²) in [6, 6.07) is 16.5. The molecule has 1 aliphatic heterocycles. The molecular formula is C30H32N2O3. The van der Waals surface area contributed by atoms with E-state index in [1.165, 1.54) is 18.2 Å². The first-order valence-corrected chi connectivity index (χ1v) is 11.8. The van der Waals surface area contributed by atoms with Gasteiger partial charge in [0.2, 0.25) is 0 Å². The first-order valence-electron chi connectivity index (χ1n) is 11.8. The second kappa shape index (κ2) is 9.41. The minimum absolute atomic E-state index is 0.194. The predicted octanol–water partition coefficient (Wildman–Crippen LogP) is 5.89. The molecule has 2 aromatic carbocycles. The van der Waals surface area contributed by atoms with Gasteiger partial charge in [0.15, 0.2) is 0 Å². The van der Waals surface area contributed by atoms with Gasteiger partial charge in [0.1, 0.15) is 0 Å². The molecule has 1 amide bonds. The molecule has 0 spiro atoms. The number of aromatic nitrogens is 1. The van der Waals surface area contributed by atoms with Gasteiger partial charge in [-0.2, -0.15) is 0 Å². The molecule has 0 saturated carbocycles. The minimum atomic E-state index is -0.503. The minimum Gasteiger partial charge on any atom is -0.465 e. The fourth-order valence-corrected chi connectivity index (χ4v) is 4.71. The third-order valence-corrected chi connectivity index (χ3v) is 6.74. The van der Waals surface area contributed by atoms with E-state index in [4.69, 9.17) is 4.74 Å². The highest BCUT2D eigenvalue weighted by atomic mass is 16.5. The van der Waals surface area contributed by atoms with E-state index in [2.05, 4.69) is 49.6 Å². The largest absolute Gasteiger partial charge is 0.465 e. The monoisotopic (exact) mass is 468 g/mol. The Labute approximate surface area is 207 Å². The molecule has 2 heterocycles. The third-order valence-electron chi connectivity index (χ3n) is 6.74. The molecule has 0 radical (unpaired) electrons. The Bertz CT molecular complexity index is 1390. The quantitative estimate of drug-likeness (QED) is 0.346. The summed E-state index contributed by atoms with van der Waals surface area (Å²) in [7, 11) is 1.35. The molecule has 5 nitrogen and oxygen atoms in total. The van der Waals surface area contributed by atoms with Crippen molar-refractivity contribution < 1.29 is 14.3 Å². The lowest BCUT2D eigenvalue weighted by Gasteiger charge is -2.18. The highest BCUT2D eigenvalue weighted by Crippen LogP contribution is 2.34. The maximum Gasteiger partial charge on any atom is 0.340 e. The van der Waals surface area contributed by atoms with Gasteiger partial charge in [-0.15, -0.1) is 0 Å². The number of nitrogens with zero attached hydrogens (tertiary/aromatic N) is 2. The van der Waals surface area contributed by atoms with E-state index in [9.17, 15) is 9.59 Å². The van der Waals surface area contributed by atoms with Crippen LogP contribution < -0.4 is 0 Å². The first-order chi connectivity index (χ1) is 16.6. The highest BCUT2D eigenvalue weighted by molar-refractivity contribution is 6.16. The van der Waals surface area contributed by atoms with Gasteiger partial charge in [-0.1, -0.05) is 42.0 Å². The van der Waals surface area contributed by atoms with Crippen LogP contribution in [0.2, 0.25) is 0 Å². The number of hydrogen-bond acceptors (Lipinski definition) is 3. The zero-order valence-corrected chi connectivity index (χ0v) is 21.5. The van der Waals surface area contributed by atoms with Crippen LogP contribution in [0.4, 0.5) is 0 Å². The lowest BCUT2D eigenvalue weighted by atomic mass is 10.0. The van der Waals surface area contributed by atoms with Gasteiger partial charge in [-0.25, -0.2) is 4.79 Å². The second-order valence-corrected chi connectivity index (χ2v) is 9.34. The van der Waals surface area contributed by atoms with E-state index in [1.807, 2.05) is 44.2 Å². The molecule has 4 rings (SSSR count). The average Bonchev–Trinajstić information content (AvgIpc) is 3.23. The lowest BCUT2D eigenvalue weighted by molar-refractivity contribution is -0.136. The van der Waals surface area contributed by atoms with E-state index >= 15 is 0 Å². The number of benzene rings is 2. The Hall–Kier alpha value is -3.86. The van der Waals surface area contributed by atoms with Crippen molar-refractivity contribution in [2.24, 2.45) is 0 Å². The number of carbonyl (C=O) groups excluding carboxylic acids is 2. The van der Waals surface area contributed by atoms with Crippen molar-refractivity contribution in [3.05, 3.63) is 105 Å². The van der Waals surface area contributed by atoms with Gasteiger partial charge in [-0.3, -0.25) is 4.79 Å². The van der Waals surface area contributed by atoms with Crippen LogP contribution in [0, 0.1) is 34.6 Å². The van der Waals surface area contributed by atoms with Gasteiger partial charge in [-0.05, 0) is 82.0 Å². The van der Waals surface area contributed by atoms with Crippen molar-refractivity contribution in [1.29, 1.82) is 0 Å². The van der Waals surface area contributed by atoms with Gasteiger partial charge in [0.05, 0.1) is 24.8 Å². The van der Waals surface area contributed by atoms with Gasteiger partial charge in [0, 0.05) is 22.8 Å². The predicted molar refractivity (Wildman–Crippen MR) is 139 cm³/mol. The van der Waals surface area contributed by atoms with Gasteiger partial charge >= 0.3 is 5.97 Å². The van der Waals surface area contributed by atoms with Crippen molar-refractivity contribution in [2.45, 2.75) is 48.1 Å². The molecule has 3 aromatic rings. The standard InChI is InChI=1S/C30H32N2O3/c1-18-9-12-24(13-10-18)17-31-23(6)28(30(34)35-7)26(29(31)33)16-25-15-21(4)32(22(25)5)27-14-19(2)8-11-20(27)3/h8-16H,17H2,1-7H3/b26-16-. The zero-order valence-electron chi connectivity index (χ0n) is 21.5. The van der Waals surface area contributed by atoms with Crippen molar-refractivity contribution in [2.75, 3.05) is 7.11 Å².